The molecule has 0 bridgehead atoms. The van der Waals surface area contributed by atoms with Gasteiger partial charge in [-0.3, -0.25) is 9.69 Å². The van der Waals surface area contributed by atoms with Gasteiger partial charge in [0.2, 0.25) is 5.91 Å². The van der Waals surface area contributed by atoms with Crippen molar-refractivity contribution in [3.05, 3.63) is 0 Å². The van der Waals surface area contributed by atoms with Crippen LogP contribution in [0.2, 0.25) is 0 Å². The second-order valence-corrected chi connectivity index (χ2v) is 4.67. The first-order chi connectivity index (χ1) is 8.27. The van der Waals surface area contributed by atoms with Gasteiger partial charge in [-0.15, -0.1) is 0 Å². The van der Waals surface area contributed by atoms with Crippen LogP contribution in [0, 0.1) is 0 Å². The number of nitrogens with zero attached hydrogens (tertiary/aromatic N) is 2. The standard InChI is InChI=1S/C13H26N2O2/c1-3-4-6-13(16)15-10-8-14(9-11-15)7-5-12-17-2/h3-12H2,1-2H3. The van der Waals surface area contributed by atoms with E-state index in [-0.39, 0.29) is 0 Å². The van der Waals surface area contributed by atoms with Crippen molar-refractivity contribution in [2.24, 2.45) is 0 Å². The molecule has 0 aromatic rings. The van der Waals surface area contributed by atoms with Crippen LogP contribution < -0.4 is 0 Å². The average molecular weight is 242 g/mol. The second kappa shape index (κ2) is 8.48. The zero-order valence-electron chi connectivity index (χ0n) is 11.3. The molecule has 4 nitrogen and oxygen atoms in total. The molecule has 0 radical (unpaired) electrons. The molecule has 0 saturated carbocycles. The second-order valence-electron chi connectivity index (χ2n) is 4.67. The lowest BCUT2D eigenvalue weighted by Crippen LogP contribution is -2.48. The van der Waals surface area contributed by atoms with Crippen molar-refractivity contribution in [2.75, 3.05) is 46.4 Å². The Hall–Kier alpha value is -0.610. The Morgan fingerprint density at radius 3 is 2.47 bits per heavy atom. The summed E-state index contributed by atoms with van der Waals surface area (Å²) >= 11 is 0. The fourth-order valence-corrected chi connectivity index (χ4v) is 2.14. The lowest BCUT2D eigenvalue weighted by molar-refractivity contribution is -0.133. The van der Waals surface area contributed by atoms with E-state index in [0.29, 0.717) is 5.91 Å². The van der Waals surface area contributed by atoms with Gasteiger partial charge in [-0.25, -0.2) is 0 Å². The molecule has 1 saturated heterocycles. The molecular weight excluding hydrogens is 216 g/mol. The van der Waals surface area contributed by atoms with Gasteiger partial charge in [0.25, 0.3) is 0 Å². The van der Waals surface area contributed by atoms with Crippen LogP contribution in [0.15, 0.2) is 0 Å². The third kappa shape index (κ3) is 5.50. The molecule has 0 N–H and O–H groups in total. The van der Waals surface area contributed by atoms with Crippen LogP contribution in [-0.4, -0.2) is 62.1 Å². The van der Waals surface area contributed by atoms with E-state index in [9.17, 15) is 4.79 Å². The van der Waals surface area contributed by atoms with Crippen molar-refractivity contribution in [3.8, 4) is 0 Å². The van der Waals surface area contributed by atoms with Gasteiger partial charge in [-0.1, -0.05) is 13.3 Å². The highest BCUT2D eigenvalue weighted by Crippen LogP contribution is 2.06. The molecule has 0 aromatic heterocycles. The highest BCUT2D eigenvalue weighted by molar-refractivity contribution is 5.76. The van der Waals surface area contributed by atoms with Crippen LogP contribution in [0.4, 0.5) is 0 Å². The fraction of sp³-hybridized carbons (Fsp3) is 0.923. The van der Waals surface area contributed by atoms with Crippen LogP contribution >= 0.6 is 0 Å². The highest BCUT2D eigenvalue weighted by Gasteiger charge is 2.19. The van der Waals surface area contributed by atoms with E-state index in [1.807, 2.05) is 4.90 Å². The van der Waals surface area contributed by atoms with Gasteiger partial charge in [-0.2, -0.15) is 0 Å². The third-order valence-electron chi connectivity index (χ3n) is 3.29. The van der Waals surface area contributed by atoms with E-state index < -0.39 is 0 Å². The number of hydrogen-bond acceptors (Lipinski definition) is 3. The van der Waals surface area contributed by atoms with E-state index in [2.05, 4.69) is 11.8 Å². The molecular formula is C13H26N2O2. The topological polar surface area (TPSA) is 32.8 Å². The monoisotopic (exact) mass is 242 g/mol. The molecule has 0 atom stereocenters. The average Bonchev–Trinajstić information content (AvgIpc) is 2.37. The van der Waals surface area contributed by atoms with Gasteiger partial charge in [0.05, 0.1) is 0 Å². The fourth-order valence-electron chi connectivity index (χ4n) is 2.14. The van der Waals surface area contributed by atoms with Gasteiger partial charge in [-0.05, 0) is 12.8 Å². The number of amides is 1. The number of unbranched alkanes of at least 4 members (excludes halogenated alkanes) is 1. The Balaban J connectivity index is 2.14. The van der Waals surface area contributed by atoms with Crippen LogP contribution in [0.1, 0.15) is 32.6 Å². The summed E-state index contributed by atoms with van der Waals surface area (Å²) in [5.74, 6) is 0.336. The third-order valence-corrected chi connectivity index (χ3v) is 3.29. The summed E-state index contributed by atoms with van der Waals surface area (Å²) in [6.07, 6.45) is 3.93. The van der Waals surface area contributed by atoms with E-state index in [1.165, 1.54) is 0 Å². The number of hydrogen-bond donors (Lipinski definition) is 0. The first-order valence-corrected chi connectivity index (χ1v) is 6.77. The number of piperazine rings is 1. The summed E-state index contributed by atoms with van der Waals surface area (Å²) in [5.41, 5.74) is 0. The SMILES string of the molecule is CCCCC(=O)N1CCN(CCCOC)CC1. The number of ether oxygens (including phenoxy) is 1. The van der Waals surface area contributed by atoms with Crippen molar-refractivity contribution >= 4 is 5.91 Å². The highest BCUT2D eigenvalue weighted by atomic mass is 16.5. The first-order valence-electron chi connectivity index (χ1n) is 6.77. The number of rotatable bonds is 7. The van der Waals surface area contributed by atoms with Crippen LogP contribution in [-0.2, 0) is 9.53 Å². The quantitative estimate of drug-likeness (QED) is 0.632. The molecule has 4 heteroatoms. The van der Waals surface area contributed by atoms with Crippen molar-refractivity contribution < 1.29 is 9.53 Å². The van der Waals surface area contributed by atoms with Crippen molar-refractivity contribution in [3.63, 3.8) is 0 Å². The Morgan fingerprint density at radius 2 is 1.88 bits per heavy atom. The molecule has 0 aliphatic carbocycles. The Labute approximate surface area is 105 Å². The molecule has 100 valence electrons. The minimum absolute atomic E-state index is 0.336. The summed E-state index contributed by atoms with van der Waals surface area (Å²) in [4.78, 5) is 16.2. The minimum atomic E-state index is 0.336. The Kier molecular flexibility index (Phi) is 7.21. The summed E-state index contributed by atoms with van der Waals surface area (Å²) in [5, 5.41) is 0. The molecule has 0 unspecified atom stereocenters. The van der Waals surface area contributed by atoms with Gasteiger partial charge in [0, 0.05) is 52.9 Å². The molecule has 1 aliphatic rings. The lowest BCUT2D eigenvalue weighted by Gasteiger charge is -2.34. The normalized spacial score (nSPS) is 17.4. The van der Waals surface area contributed by atoms with Crippen LogP contribution in [0.5, 0.6) is 0 Å². The van der Waals surface area contributed by atoms with Gasteiger partial charge >= 0.3 is 0 Å². The summed E-state index contributed by atoms with van der Waals surface area (Å²) < 4.78 is 5.05. The smallest absolute Gasteiger partial charge is 0.222 e. The van der Waals surface area contributed by atoms with Gasteiger partial charge in [0.15, 0.2) is 0 Å². The molecule has 0 spiro atoms. The predicted molar refractivity (Wildman–Crippen MR) is 69.0 cm³/mol. The maximum atomic E-state index is 11.8. The largest absolute Gasteiger partial charge is 0.385 e. The molecule has 1 rings (SSSR count). The zero-order valence-corrected chi connectivity index (χ0v) is 11.3. The van der Waals surface area contributed by atoms with E-state index in [1.54, 1.807) is 7.11 Å². The maximum absolute atomic E-state index is 11.8. The molecule has 0 aromatic carbocycles. The Bertz CT molecular complexity index is 213. The van der Waals surface area contributed by atoms with Gasteiger partial charge < -0.3 is 9.64 Å². The van der Waals surface area contributed by atoms with E-state index in [4.69, 9.17) is 4.74 Å². The predicted octanol–water partition coefficient (Wildman–Crippen LogP) is 1.36. The molecule has 17 heavy (non-hydrogen) atoms. The summed E-state index contributed by atoms with van der Waals surface area (Å²) in [6, 6.07) is 0. The van der Waals surface area contributed by atoms with E-state index in [0.717, 1.165) is 65.0 Å². The zero-order chi connectivity index (χ0) is 12.5. The maximum Gasteiger partial charge on any atom is 0.222 e. The van der Waals surface area contributed by atoms with Crippen LogP contribution in [0.3, 0.4) is 0 Å². The minimum Gasteiger partial charge on any atom is -0.385 e. The number of methoxy groups -OCH3 is 1. The molecule has 1 heterocycles. The van der Waals surface area contributed by atoms with Crippen molar-refractivity contribution in [2.45, 2.75) is 32.6 Å². The molecule has 1 amide bonds. The number of carbonyl (C=O) groups is 1. The first kappa shape index (κ1) is 14.5. The summed E-state index contributed by atoms with van der Waals surface area (Å²) in [7, 11) is 1.74. The van der Waals surface area contributed by atoms with Crippen molar-refractivity contribution in [1.82, 2.24) is 9.80 Å². The van der Waals surface area contributed by atoms with Crippen molar-refractivity contribution in [1.29, 1.82) is 0 Å². The lowest BCUT2D eigenvalue weighted by atomic mass is 10.2. The van der Waals surface area contributed by atoms with E-state index >= 15 is 0 Å². The van der Waals surface area contributed by atoms with Crippen LogP contribution in [0.25, 0.3) is 0 Å². The number of carbonyl (C=O) groups excluding carboxylic acids is 1. The van der Waals surface area contributed by atoms with Gasteiger partial charge in [0.1, 0.15) is 0 Å². The summed E-state index contributed by atoms with van der Waals surface area (Å²) in [6.45, 7) is 7.87. The molecule has 1 aliphatic heterocycles. The molecule has 1 fully saturated rings. The Morgan fingerprint density at radius 1 is 1.18 bits per heavy atom.